The van der Waals surface area contributed by atoms with E-state index in [1.807, 2.05) is 48.5 Å². The number of unbranched alkanes of at least 4 members (excludes halogenated alkanes) is 13. The van der Waals surface area contributed by atoms with E-state index in [1.54, 1.807) is 0 Å². The topological polar surface area (TPSA) is 130 Å². The van der Waals surface area contributed by atoms with Crippen LogP contribution in [0.25, 0.3) is 0 Å². The van der Waals surface area contributed by atoms with Crippen molar-refractivity contribution in [3.63, 3.8) is 0 Å². The zero-order chi connectivity index (χ0) is 53.6. The summed E-state index contributed by atoms with van der Waals surface area (Å²) in [5.74, 6) is -1.17. The Morgan fingerprint density at radius 2 is 1.01 bits per heavy atom. The average molecular weight is 1050 g/mol. The molecule has 1 aliphatic heterocycles. The van der Waals surface area contributed by atoms with Crippen LogP contribution in [0.15, 0.2) is 121 Å². The van der Waals surface area contributed by atoms with Gasteiger partial charge in [-0.2, -0.15) is 0 Å². The summed E-state index contributed by atoms with van der Waals surface area (Å²) < 4.78 is 32.0. The van der Waals surface area contributed by atoms with Crippen LogP contribution in [0.2, 0.25) is 18.1 Å². The fourth-order valence-electron chi connectivity index (χ4n) is 9.46. The van der Waals surface area contributed by atoms with Crippen molar-refractivity contribution in [2.24, 2.45) is 0 Å². The summed E-state index contributed by atoms with van der Waals surface area (Å²) in [6.45, 7) is 10.9. The van der Waals surface area contributed by atoms with Gasteiger partial charge in [-0.1, -0.05) is 206 Å². The molecule has 0 unspecified atom stereocenters. The largest absolute Gasteiger partial charge is 0.462 e. The van der Waals surface area contributed by atoms with Gasteiger partial charge in [0.2, 0.25) is 5.91 Å². The Bertz CT molecular complexity index is 2150. The SMILES string of the molecule is CC(C)(C)[Si](C)(C)OC[C@H]1O[C@@H](OCc2ccccc2)[C@H](NC(=O)C[C@H](CCCCCCc2ccccc2)OC(=O)CCCCCCCCc2ccccc2)[C@@H](OC(=O)CCCCCCCCc2ccccc2)[C@@H]1O. The Balaban J connectivity index is 1.23. The molecule has 1 heterocycles. The maximum Gasteiger partial charge on any atom is 0.306 e. The van der Waals surface area contributed by atoms with E-state index >= 15 is 0 Å². The predicted molar refractivity (Wildman–Crippen MR) is 304 cm³/mol. The fraction of sp³-hybridized carbons (Fsp3) is 0.578. The van der Waals surface area contributed by atoms with Gasteiger partial charge in [-0.3, -0.25) is 14.4 Å². The van der Waals surface area contributed by atoms with Crippen LogP contribution in [0.3, 0.4) is 0 Å². The second kappa shape index (κ2) is 34.2. The molecule has 0 saturated carbocycles. The molecule has 0 aliphatic carbocycles. The lowest BCUT2D eigenvalue weighted by atomic mass is 9.96. The van der Waals surface area contributed by atoms with Crippen LogP contribution in [-0.2, 0) is 63.6 Å². The molecule has 4 aromatic carbocycles. The lowest BCUT2D eigenvalue weighted by Crippen LogP contribution is -2.66. The van der Waals surface area contributed by atoms with Gasteiger partial charge in [-0.15, -0.1) is 0 Å². The third kappa shape index (κ3) is 24.1. The van der Waals surface area contributed by atoms with Gasteiger partial charge in [0.25, 0.3) is 0 Å². The highest BCUT2D eigenvalue weighted by atomic mass is 28.4. The number of carbonyl (C=O) groups is 3. The van der Waals surface area contributed by atoms with Gasteiger partial charge in [0, 0.05) is 12.8 Å². The summed E-state index contributed by atoms with van der Waals surface area (Å²) in [6.07, 6.45) is 14.7. The van der Waals surface area contributed by atoms with Crippen LogP contribution in [0.5, 0.6) is 0 Å². The van der Waals surface area contributed by atoms with Gasteiger partial charge < -0.3 is 33.8 Å². The molecule has 1 aliphatic rings. The summed E-state index contributed by atoms with van der Waals surface area (Å²) in [4.78, 5) is 41.7. The van der Waals surface area contributed by atoms with Crippen molar-refractivity contribution >= 4 is 26.2 Å². The Morgan fingerprint density at radius 1 is 0.587 bits per heavy atom. The van der Waals surface area contributed by atoms with Crippen LogP contribution in [0, 0.1) is 0 Å². The number of amides is 1. The molecule has 1 saturated heterocycles. The van der Waals surface area contributed by atoms with Crippen molar-refractivity contribution in [3.05, 3.63) is 144 Å². The number of rotatable bonds is 36. The molecule has 412 valence electrons. The number of nitrogens with one attached hydrogen (secondary N) is 1. The van der Waals surface area contributed by atoms with Gasteiger partial charge in [0.15, 0.2) is 20.7 Å². The van der Waals surface area contributed by atoms with Gasteiger partial charge in [0.1, 0.15) is 24.4 Å². The van der Waals surface area contributed by atoms with Crippen molar-refractivity contribution in [3.8, 4) is 0 Å². The number of aliphatic hydroxyl groups excluding tert-OH is 1. The Morgan fingerprint density at radius 3 is 1.49 bits per heavy atom. The van der Waals surface area contributed by atoms with Crippen LogP contribution in [-0.4, -0.2) is 74.6 Å². The van der Waals surface area contributed by atoms with Crippen LogP contribution < -0.4 is 5.32 Å². The Hall–Kier alpha value is -4.65. The van der Waals surface area contributed by atoms with E-state index in [0.717, 1.165) is 121 Å². The molecule has 5 rings (SSSR count). The fourth-order valence-corrected chi connectivity index (χ4v) is 10.5. The molecule has 2 N–H and O–H groups in total. The van der Waals surface area contributed by atoms with E-state index in [4.69, 9.17) is 23.4 Å². The molecule has 0 aromatic heterocycles. The first-order chi connectivity index (χ1) is 36.3. The van der Waals surface area contributed by atoms with Crippen LogP contribution in [0.4, 0.5) is 0 Å². The summed E-state index contributed by atoms with van der Waals surface area (Å²) in [6, 6.07) is 40.2. The summed E-state index contributed by atoms with van der Waals surface area (Å²) in [5, 5.41) is 15.1. The molecule has 0 spiro atoms. The maximum atomic E-state index is 14.4. The van der Waals surface area contributed by atoms with E-state index in [9.17, 15) is 19.5 Å². The number of ether oxygens (including phenoxy) is 4. The highest BCUT2D eigenvalue weighted by molar-refractivity contribution is 6.74. The summed E-state index contributed by atoms with van der Waals surface area (Å²) >= 11 is 0. The van der Waals surface area contributed by atoms with Crippen LogP contribution >= 0.6 is 0 Å². The quantitative estimate of drug-likeness (QED) is 0.0260. The molecule has 0 bridgehead atoms. The molecule has 6 atom stereocenters. The van der Waals surface area contributed by atoms with E-state index in [1.165, 1.54) is 16.7 Å². The van der Waals surface area contributed by atoms with Crippen LogP contribution in [0.1, 0.15) is 171 Å². The minimum absolute atomic E-state index is 0.0550. The van der Waals surface area contributed by atoms with Crippen molar-refractivity contribution in [1.82, 2.24) is 5.32 Å². The second-order valence-corrected chi connectivity index (χ2v) is 27.2. The minimum Gasteiger partial charge on any atom is -0.462 e. The van der Waals surface area contributed by atoms with Gasteiger partial charge in [-0.25, -0.2) is 0 Å². The molecule has 1 amide bonds. The van der Waals surface area contributed by atoms with E-state index in [-0.39, 0.29) is 37.1 Å². The molecular formula is C64H93NO9Si. The van der Waals surface area contributed by atoms with Crippen molar-refractivity contribution in [2.75, 3.05) is 6.61 Å². The Labute approximate surface area is 452 Å². The number of aryl methyl sites for hydroxylation is 3. The summed E-state index contributed by atoms with van der Waals surface area (Å²) in [5.41, 5.74) is 4.93. The number of carbonyl (C=O) groups excluding carboxylic acids is 3. The molecular weight excluding hydrogens is 955 g/mol. The van der Waals surface area contributed by atoms with Gasteiger partial charge in [0.05, 0.1) is 19.6 Å². The molecule has 1 fully saturated rings. The first-order valence-electron chi connectivity index (χ1n) is 28.7. The number of benzene rings is 4. The zero-order valence-electron chi connectivity index (χ0n) is 46.4. The third-order valence-electron chi connectivity index (χ3n) is 15.1. The standard InChI is InChI=1S/C64H93NO9Si/c1-64(2,3)75(4,5)71-50-56-61(69)62(74-59(68)47-33-13-9-7-11-21-35-52-39-25-17-26-40-52)60(63(73-56)70-49-54-43-29-19-30-44-54)65-57(66)48-55(45-31-15-14-22-36-53-41-27-18-28-42-53)72-58(67)46-32-12-8-6-10-20-34-51-37-23-16-24-38-51/h16-19,23-30,37-44,55-56,60-63,69H,6-15,20-22,31-36,45-50H2,1-5H3,(H,65,66)/t55-,56+,60+,61+,62+,63+/m0/s1. The first kappa shape index (κ1) is 61.2. The third-order valence-corrected chi connectivity index (χ3v) is 19.6. The first-order valence-corrected chi connectivity index (χ1v) is 31.6. The normalized spacial score (nSPS) is 18.3. The Kier molecular flexibility index (Phi) is 27.9. The smallest absolute Gasteiger partial charge is 0.306 e. The number of hydrogen-bond donors (Lipinski definition) is 2. The molecule has 4 aromatic rings. The molecule has 11 heteroatoms. The van der Waals surface area contributed by atoms with Gasteiger partial charge >= 0.3 is 11.9 Å². The van der Waals surface area contributed by atoms with Gasteiger partial charge in [-0.05, 0) is 105 Å². The van der Waals surface area contributed by atoms with E-state index < -0.39 is 56.9 Å². The molecule has 0 radical (unpaired) electrons. The van der Waals surface area contributed by atoms with Crippen molar-refractivity contribution in [2.45, 2.75) is 230 Å². The number of aliphatic hydroxyl groups is 1. The lowest BCUT2D eigenvalue weighted by Gasteiger charge is -2.45. The maximum absolute atomic E-state index is 14.4. The number of esters is 2. The molecule has 10 nitrogen and oxygen atoms in total. The van der Waals surface area contributed by atoms with Crippen molar-refractivity contribution in [1.29, 1.82) is 0 Å². The van der Waals surface area contributed by atoms with E-state index in [2.05, 4.69) is 112 Å². The highest BCUT2D eigenvalue weighted by Crippen LogP contribution is 2.37. The minimum atomic E-state index is -2.31. The number of hydrogen-bond acceptors (Lipinski definition) is 9. The molecule has 75 heavy (non-hydrogen) atoms. The summed E-state index contributed by atoms with van der Waals surface area (Å²) in [7, 11) is -2.31. The lowest BCUT2D eigenvalue weighted by molar-refractivity contribution is -0.276. The zero-order valence-corrected chi connectivity index (χ0v) is 47.4. The van der Waals surface area contributed by atoms with Crippen molar-refractivity contribution < 1.29 is 42.9 Å². The second-order valence-electron chi connectivity index (χ2n) is 22.4. The van der Waals surface area contributed by atoms with E-state index in [0.29, 0.717) is 19.3 Å². The predicted octanol–water partition coefficient (Wildman–Crippen LogP) is 14.1. The average Bonchev–Trinajstić information content (AvgIpc) is 3.40. The monoisotopic (exact) mass is 1050 g/mol. The highest BCUT2D eigenvalue weighted by Gasteiger charge is 2.50.